The van der Waals surface area contributed by atoms with E-state index in [1.165, 1.54) is 0 Å². The number of morpholine rings is 1. The maximum Gasteiger partial charge on any atom is 0.245 e. The number of hydrogen-bond donors (Lipinski definition) is 1. The van der Waals surface area contributed by atoms with E-state index in [4.69, 9.17) is 4.74 Å². The van der Waals surface area contributed by atoms with E-state index in [-0.39, 0.29) is 17.9 Å². The van der Waals surface area contributed by atoms with E-state index in [1.807, 2.05) is 51.1 Å². The van der Waals surface area contributed by atoms with Crippen molar-refractivity contribution in [1.82, 2.24) is 10.2 Å². The zero-order chi connectivity index (χ0) is 17.0. The van der Waals surface area contributed by atoms with Crippen LogP contribution in [0.1, 0.15) is 39.4 Å². The molecule has 1 aromatic rings. The van der Waals surface area contributed by atoms with Gasteiger partial charge in [-0.3, -0.25) is 9.59 Å². The van der Waals surface area contributed by atoms with Crippen molar-refractivity contribution in [2.75, 3.05) is 19.7 Å². The molecule has 0 saturated carbocycles. The molecular formula is C18H26N2O3. The number of amides is 2. The van der Waals surface area contributed by atoms with Crippen molar-refractivity contribution >= 4 is 11.8 Å². The Morgan fingerprint density at radius 1 is 1.26 bits per heavy atom. The van der Waals surface area contributed by atoms with Crippen LogP contribution in [-0.2, 0) is 14.3 Å². The van der Waals surface area contributed by atoms with E-state index in [2.05, 4.69) is 5.32 Å². The molecule has 2 amide bonds. The highest BCUT2D eigenvalue weighted by Crippen LogP contribution is 2.22. The van der Waals surface area contributed by atoms with Crippen LogP contribution in [0.25, 0.3) is 0 Å². The molecule has 1 heterocycles. The molecule has 0 aromatic heterocycles. The topological polar surface area (TPSA) is 58.6 Å². The molecule has 1 N–H and O–H groups in total. The van der Waals surface area contributed by atoms with Gasteiger partial charge in [0, 0.05) is 12.0 Å². The number of nitrogens with one attached hydrogen (secondary N) is 1. The molecule has 0 bridgehead atoms. The van der Waals surface area contributed by atoms with Crippen LogP contribution in [0, 0.1) is 5.41 Å². The highest BCUT2D eigenvalue weighted by Gasteiger charge is 2.30. The average molecular weight is 318 g/mol. The fourth-order valence-electron chi connectivity index (χ4n) is 2.47. The predicted molar refractivity (Wildman–Crippen MR) is 88.8 cm³/mol. The van der Waals surface area contributed by atoms with E-state index in [0.29, 0.717) is 19.7 Å². The third-order valence-corrected chi connectivity index (χ3v) is 3.95. The highest BCUT2D eigenvalue weighted by molar-refractivity contribution is 5.89. The van der Waals surface area contributed by atoms with Gasteiger partial charge in [-0.2, -0.15) is 0 Å². The summed E-state index contributed by atoms with van der Waals surface area (Å²) in [6.07, 6.45) is -0.112. The minimum absolute atomic E-state index is 0.0631. The van der Waals surface area contributed by atoms with Crippen LogP contribution in [0.4, 0.5) is 0 Å². The van der Waals surface area contributed by atoms with E-state index >= 15 is 0 Å². The molecule has 0 spiro atoms. The molecule has 0 aliphatic carbocycles. The summed E-state index contributed by atoms with van der Waals surface area (Å²) in [6, 6.07) is 9.36. The van der Waals surface area contributed by atoms with Crippen molar-refractivity contribution in [2.24, 2.45) is 5.41 Å². The van der Waals surface area contributed by atoms with Crippen LogP contribution < -0.4 is 5.32 Å². The summed E-state index contributed by atoms with van der Waals surface area (Å²) in [5.74, 6) is -0.182. The molecule has 1 fully saturated rings. The van der Waals surface area contributed by atoms with Crippen molar-refractivity contribution in [3.05, 3.63) is 35.9 Å². The molecule has 5 heteroatoms. The number of carbonyl (C=O) groups excluding carboxylic acids is 2. The molecule has 1 aromatic carbocycles. The van der Waals surface area contributed by atoms with Gasteiger partial charge in [-0.05, 0) is 12.5 Å². The summed E-state index contributed by atoms with van der Waals surface area (Å²) in [5, 5.41) is 2.80. The van der Waals surface area contributed by atoms with Crippen LogP contribution in [0.15, 0.2) is 30.3 Å². The molecule has 2 rings (SSSR count). The van der Waals surface area contributed by atoms with Crippen molar-refractivity contribution in [3.8, 4) is 0 Å². The number of benzene rings is 1. The fourth-order valence-corrected chi connectivity index (χ4v) is 2.47. The smallest absolute Gasteiger partial charge is 0.245 e. The summed E-state index contributed by atoms with van der Waals surface area (Å²) in [7, 11) is 0. The maximum atomic E-state index is 12.6. The Morgan fingerprint density at radius 3 is 2.52 bits per heavy atom. The van der Waals surface area contributed by atoms with Crippen LogP contribution in [-0.4, -0.2) is 42.5 Å². The summed E-state index contributed by atoms with van der Waals surface area (Å²) in [4.78, 5) is 26.4. The summed E-state index contributed by atoms with van der Waals surface area (Å²) in [6.45, 7) is 8.81. The van der Waals surface area contributed by atoms with Gasteiger partial charge in [0.25, 0.3) is 0 Å². The van der Waals surface area contributed by atoms with Gasteiger partial charge in [0.15, 0.2) is 0 Å². The van der Waals surface area contributed by atoms with Crippen molar-refractivity contribution in [3.63, 3.8) is 0 Å². The van der Waals surface area contributed by atoms with Crippen LogP contribution in [0.5, 0.6) is 0 Å². The lowest BCUT2D eigenvalue weighted by Gasteiger charge is -2.35. The third-order valence-electron chi connectivity index (χ3n) is 3.95. The first-order valence-electron chi connectivity index (χ1n) is 8.05. The minimum Gasteiger partial charge on any atom is -0.370 e. The fraction of sp³-hybridized carbons (Fsp3) is 0.556. The number of hydrogen-bond acceptors (Lipinski definition) is 3. The third kappa shape index (κ3) is 4.55. The second-order valence-electron chi connectivity index (χ2n) is 7.00. The first kappa shape index (κ1) is 17.5. The lowest BCUT2D eigenvalue weighted by atomic mass is 9.95. The van der Waals surface area contributed by atoms with E-state index in [9.17, 15) is 9.59 Å². The zero-order valence-corrected chi connectivity index (χ0v) is 14.3. The first-order valence-corrected chi connectivity index (χ1v) is 8.05. The second-order valence-corrected chi connectivity index (χ2v) is 7.00. The second kappa shape index (κ2) is 7.13. The molecule has 1 aliphatic rings. The van der Waals surface area contributed by atoms with Crippen molar-refractivity contribution in [1.29, 1.82) is 0 Å². The van der Waals surface area contributed by atoms with E-state index < -0.39 is 11.5 Å². The van der Waals surface area contributed by atoms with Crippen LogP contribution in [0.2, 0.25) is 0 Å². The lowest BCUT2D eigenvalue weighted by molar-refractivity contribution is -0.143. The Balaban J connectivity index is 1.98. The molecule has 5 nitrogen and oxygen atoms in total. The monoisotopic (exact) mass is 318 g/mol. The molecule has 126 valence electrons. The van der Waals surface area contributed by atoms with E-state index in [0.717, 1.165) is 5.56 Å². The number of rotatable bonds is 3. The number of nitrogens with zero attached hydrogens (tertiary/aromatic N) is 1. The Bertz CT molecular complexity index is 551. The zero-order valence-electron chi connectivity index (χ0n) is 14.3. The molecule has 2 unspecified atom stereocenters. The molecule has 0 radical (unpaired) electrons. The molecule has 1 saturated heterocycles. The lowest BCUT2D eigenvalue weighted by Crippen LogP contribution is -2.52. The molecule has 2 atom stereocenters. The molecule has 23 heavy (non-hydrogen) atoms. The largest absolute Gasteiger partial charge is 0.370 e. The van der Waals surface area contributed by atoms with Gasteiger partial charge < -0.3 is 15.0 Å². The van der Waals surface area contributed by atoms with Gasteiger partial charge >= 0.3 is 0 Å². The Morgan fingerprint density at radius 2 is 1.91 bits per heavy atom. The van der Waals surface area contributed by atoms with Gasteiger partial charge in [0.05, 0.1) is 13.2 Å². The summed E-state index contributed by atoms with van der Waals surface area (Å²) >= 11 is 0. The summed E-state index contributed by atoms with van der Waals surface area (Å²) in [5.41, 5.74) is 0.558. The van der Waals surface area contributed by atoms with Crippen LogP contribution in [0.3, 0.4) is 0 Å². The summed E-state index contributed by atoms with van der Waals surface area (Å²) < 4.78 is 5.78. The van der Waals surface area contributed by atoms with Crippen molar-refractivity contribution < 1.29 is 14.3 Å². The van der Waals surface area contributed by atoms with Crippen LogP contribution >= 0.6 is 0 Å². The standard InChI is InChI=1S/C18H26N2O3/c1-13(19-17(22)18(2,3)4)16(21)20-10-11-23-15(12-20)14-8-6-5-7-9-14/h5-9,13,15H,10-12H2,1-4H3,(H,19,22). The maximum absolute atomic E-state index is 12.6. The van der Waals surface area contributed by atoms with Gasteiger partial charge in [-0.25, -0.2) is 0 Å². The van der Waals surface area contributed by atoms with Gasteiger partial charge in [0.2, 0.25) is 11.8 Å². The predicted octanol–water partition coefficient (Wildman–Crippen LogP) is 2.14. The quantitative estimate of drug-likeness (QED) is 0.929. The van der Waals surface area contributed by atoms with Gasteiger partial charge in [-0.1, -0.05) is 51.1 Å². The van der Waals surface area contributed by atoms with Gasteiger partial charge in [0.1, 0.15) is 12.1 Å². The number of ether oxygens (including phenoxy) is 1. The first-order chi connectivity index (χ1) is 10.8. The minimum atomic E-state index is -0.531. The number of carbonyl (C=O) groups is 2. The SMILES string of the molecule is CC(NC(=O)C(C)(C)C)C(=O)N1CCOC(c2ccccc2)C1. The normalized spacial score (nSPS) is 20.0. The van der Waals surface area contributed by atoms with Gasteiger partial charge in [-0.15, -0.1) is 0 Å². The highest BCUT2D eigenvalue weighted by atomic mass is 16.5. The van der Waals surface area contributed by atoms with Crippen molar-refractivity contribution in [2.45, 2.75) is 39.8 Å². The molecular weight excluding hydrogens is 292 g/mol. The Kier molecular flexibility index (Phi) is 5.42. The molecule has 1 aliphatic heterocycles. The van der Waals surface area contributed by atoms with E-state index in [1.54, 1.807) is 11.8 Å². The average Bonchev–Trinajstić information content (AvgIpc) is 2.54. The Hall–Kier alpha value is -1.88. The Labute approximate surface area is 138 Å².